The minimum Gasteiger partial charge on any atom is -0.305 e. The van der Waals surface area contributed by atoms with Gasteiger partial charge in [0.1, 0.15) is 0 Å². The number of aromatic nitrogens is 2. The number of carbonyl (C=O) groups is 2. The third-order valence-corrected chi connectivity index (χ3v) is 4.50. The van der Waals surface area contributed by atoms with Crippen molar-refractivity contribution in [1.82, 2.24) is 10.2 Å². The van der Waals surface area contributed by atoms with Gasteiger partial charge < -0.3 is 5.32 Å². The fourth-order valence-electron chi connectivity index (χ4n) is 2.25. The molecular weight excluding hydrogens is 334 g/mol. The van der Waals surface area contributed by atoms with Crippen molar-refractivity contribution in [3.8, 4) is 0 Å². The Bertz CT molecular complexity index is 890. The Morgan fingerprint density at radius 1 is 1.04 bits per heavy atom. The number of H-pyrrole nitrogens is 1. The molecule has 25 heavy (non-hydrogen) atoms. The van der Waals surface area contributed by atoms with Gasteiger partial charge in [0.05, 0.1) is 5.75 Å². The predicted octanol–water partition coefficient (Wildman–Crippen LogP) is 3.95. The van der Waals surface area contributed by atoms with E-state index in [1.54, 1.807) is 36.4 Å². The van der Waals surface area contributed by atoms with Crippen molar-refractivity contribution in [1.29, 1.82) is 0 Å². The number of rotatable bonds is 6. The first kappa shape index (κ1) is 17.0. The van der Waals surface area contributed by atoms with E-state index >= 15 is 0 Å². The first-order valence-corrected chi connectivity index (χ1v) is 8.75. The number of amides is 1. The normalized spacial score (nSPS) is 10.4. The summed E-state index contributed by atoms with van der Waals surface area (Å²) in [5.41, 5.74) is 2.09. The van der Waals surface area contributed by atoms with Gasteiger partial charge in [0, 0.05) is 27.8 Å². The van der Waals surface area contributed by atoms with E-state index in [0.29, 0.717) is 22.7 Å². The summed E-state index contributed by atoms with van der Waals surface area (Å²) in [4.78, 5) is 25.3. The highest BCUT2D eigenvalue weighted by molar-refractivity contribution is 8.00. The van der Waals surface area contributed by atoms with E-state index < -0.39 is 0 Å². The third-order valence-electron chi connectivity index (χ3n) is 3.51. The summed E-state index contributed by atoms with van der Waals surface area (Å²) in [5.74, 6) is 0.642. The van der Waals surface area contributed by atoms with Gasteiger partial charge in [-0.1, -0.05) is 36.4 Å². The Kier molecular flexibility index (Phi) is 5.30. The molecule has 2 N–H and O–H groups in total. The summed E-state index contributed by atoms with van der Waals surface area (Å²) in [6.07, 6.45) is 0. The molecule has 0 aliphatic rings. The van der Waals surface area contributed by atoms with Crippen molar-refractivity contribution in [2.24, 2.45) is 0 Å². The minimum atomic E-state index is -0.233. The zero-order chi connectivity index (χ0) is 17.6. The summed E-state index contributed by atoms with van der Waals surface area (Å²) >= 11 is 1.41. The topological polar surface area (TPSA) is 74.8 Å². The van der Waals surface area contributed by atoms with Crippen LogP contribution >= 0.6 is 11.8 Å². The number of Topliss-reactive ketones (excluding diaryl/α,β-unsaturated/α-hetero) is 1. The van der Waals surface area contributed by atoms with Crippen LogP contribution in [0, 0.1) is 6.92 Å². The third kappa shape index (κ3) is 4.58. The lowest BCUT2D eigenvalue weighted by Gasteiger charge is -2.05. The van der Waals surface area contributed by atoms with E-state index in [1.807, 2.05) is 31.2 Å². The number of aryl methyl sites for hydroxylation is 1. The van der Waals surface area contributed by atoms with Crippen LogP contribution in [0.1, 0.15) is 26.4 Å². The highest BCUT2D eigenvalue weighted by Crippen LogP contribution is 2.21. The molecule has 126 valence electrons. The zero-order valence-electron chi connectivity index (χ0n) is 13.7. The highest BCUT2D eigenvalue weighted by atomic mass is 32.2. The number of carbonyl (C=O) groups excluding carboxylic acids is 2. The summed E-state index contributed by atoms with van der Waals surface area (Å²) < 4.78 is 0. The van der Waals surface area contributed by atoms with Gasteiger partial charge in [0.15, 0.2) is 11.6 Å². The lowest BCUT2D eigenvalue weighted by Crippen LogP contribution is -2.12. The molecule has 0 spiro atoms. The largest absolute Gasteiger partial charge is 0.305 e. The lowest BCUT2D eigenvalue weighted by atomic mass is 10.2. The fourth-order valence-corrected chi connectivity index (χ4v) is 3.10. The monoisotopic (exact) mass is 351 g/mol. The Hall–Kier alpha value is -2.86. The second-order valence-electron chi connectivity index (χ2n) is 5.50. The van der Waals surface area contributed by atoms with E-state index in [0.717, 1.165) is 10.6 Å². The lowest BCUT2D eigenvalue weighted by molar-refractivity contribution is 0.101. The van der Waals surface area contributed by atoms with Crippen LogP contribution in [0.2, 0.25) is 0 Å². The van der Waals surface area contributed by atoms with Crippen molar-refractivity contribution in [3.05, 3.63) is 77.5 Å². The van der Waals surface area contributed by atoms with E-state index in [4.69, 9.17) is 0 Å². The molecule has 0 fully saturated rings. The van der Waals surface area contributed by atoms with Gasteiger partial charge in [-0.2, -0.15) is 5.10 Å². The van der Waals surface area contributed by atoms with Gasteiger partial charge in [-0.3, -0.25) is 14.7 Å². The number of ketones is 1. The van der Waals surface area contributed by atoms with Gasteiger partial charge >= 0.3 is 0 Å². The van der Waals surface area contributed by atoms with E-state index in [2.05, 4.69) is 15.5 Å². The number of aromatic amines is 1. The Morgan fingerprint density at radius 2 is 1.80 bits per heavy atom. The number of benzene rings is 2. The fraction of sp³-hybridized carbons (Fsp3) is 0.105. The molecule has 3 aromatic rings. The van der Waals surface area contributed by atoms with Crippen LogP contribution in [0.5, 0.6) is 0 Å². The predicted molar refractivity (Wildman–Crippen MR) is 99.2 cm³/mol. The Morgan fingerprint density at radius 3 is 2.52 bits per heavy atom. The number of anilines is 1. The SMILES string of the molecule is Cc1cc(NC(=O)c2cccc(SCC(=O)c3ccccc3)c2)n[nH]1. The van der Waals surface area contributed by atoms with Crippen molar-refractivity contribution in [2.75, 3.05) is 11.1 Å². The molecule has 0 radical (unpaired) electrons. The first-order chi connectivity index (χ1) is 12.1. The molecule has 0 unspecified atom stereocenters. The van der Waals surface area contributed by atoms with Crippen LogP contribution in [0.15, 0.2) is 65.6 Å². The molecule has 0 saturated carbocycles. The number of hydrogen-bond acceptors (Lipinski definition) is 4. The highest BCUT2D eigenvalue weighted by Gasteiger charge is 2.10. The van der Waals surface area contributed by atoms with Crippen LogP contribution in [-0.2, 0) is 0 Å². The maximum absolute atomic E-state index is 12.3. The first-order valence-electron chi connectivity index (χ1n) is 7.76. The average molecular weight is 351 g/mol. The number of nitrogens with one attached hydrogen (secondary N) is 2. The maximum atomic E-state index is 12.3. The summed E-state index contributed by atoms with van der Waals surface area (Å²) in [7, 11) is 0. The molecular formula is C19H17N3O2S. The molecule has 0 atom stereocenters. The van der Waals surface area contributed by atoms with Crippen LogP contribution < -0.4 is 5.32 Å². The molecule has 6 heteroatoms. The summed E-state index contributed by atoms with van der Waals surface area (Å²) in [5, 5.41) is 9.51. The molecule has 3 rings (SSSR count). The van der Waals surface area contributed by atoms with Crippen LogP contribution in [0.4, 0.5) is 5.82 Å². The Balaban J connectivity index is 1.63. The van der Waals surface area contributed by atoms with Crippen LogP contribution in [0.3, 0.4) is 0 Å². The smallest absolute Gasteiger partial charge is 0.256 e. The molecule has 1 amide bonds. The number of nitrogens with zero attached hydrogens (tertiary/aromatic N) is 1. The van der Waals surface area contributed by atoms with Gasteiger partial charge in [-0.25, -0.2) is 0 Å². The van der Waals surface area contributed by atoms with Gasteiger partial charge in [0.25, 0.3) is 5.91 Å². The molecule has 0 aliphatic heterocycles. The second-order valence-corrected chi connectivity index (χ2v) is 6.54. The Labute approximate surface area is 149 Å². The van der Waals surface area contributed by atoms with Gasteiger partial charge in [-0.05, 0) is 25.1 Å². The molecule has 2 aromatic carbocycles. The van der Waals surface area contributed by atoms with Crippen molar-refractivity contribution in [3.63, 3.8) is 0 Å². The maximum Gasteiger partial charge on any atom is 0.256 e. The van der Waals surface area contributed by atoms with Crippen LogP contribution in [0.25, 0.3) is 0 Å². The van der Waals surface area contributed by atoms with Crippen molar-refractivity contribution in [2.45, 2.75) is 11.8 Å². The molecule has 5 nitrogen and oxygen atoms in total. The molecule has 1 heterocycles. The molecule has 1 aromatic heterocycles. The molecule has 0 saturated heterocycles. The summed E-state index contributed by atoms with van der Waals surface area (Å²) in [6.45, 7) is 1.86. The van der Waals surface area contributed by atoms with E-state index in [9.17, 15) is 9.59 Å². The number of thioether (sulfide) groups is 1. The molecule has 0 bridgehead atoms. The molecule has 0 aliphatic carbocycles. The van der Waals surface area contributed by atoms with Gasteiger partial charge in [0.2, 0.25) is 0 Å². The van der Waals surface area contributed by atoms with Crippen LogP contribution in [-0.4, -0.2) is 27.6 Å². The van der Waals surface area contributed by atoms with Crippen molar-refractivity contribution < 1.29 is 9.59 Å². The van der Waals surface area contributed by atoms with E-state index in [-0.39, 0.29) is 11.7 Å². The second kappa shape index (κ2) is 7.81. The van der Waals surface area contributed by atoms with Crippen molar-refractivity contribution >= 4 is 29.3 Å². The van der Waals surface area contributed by atoms with E-state index in [1.165, 1.54) is 11.8 Å². The number of hydrogen-bond donors (Lipinski definition) is 2. The minimum absolute atomic E-state index is 0.0625. The quantitative estimate of drug-likeness (QED) is 0.521. The average Bonchev–Trinajstić information content (AvgIpc) is 3.05. The standard InChI is InChI=1S/C19H17N3O2S/c1-13-10-18(22-21-13)20-19(24)15-8-5-9-16(11-15)25-12-17(23)14-6-3-2-4-7-14/h2-11H,12H2,1H3,(H2,20,21,22,24). The van der Waals surface area contributed by atoms with Gasteiger partial charge in [-0.15, -0.1) is 11.8 Å². The summed E-state index contributed by atoms with van der Waals surface area (Å²) in [6, 6.07) is 18.1. The zero-order valence-corrected chi connectivity index (χ0v) is 14.5.